The van der Waals surface area contributed by atoms with Crippen molar-refractivity contribution in [1.82, 2.24) is 19.3 Å². The van der Waals surface area contributed by atoms with Crippen LogP contribution < -0.4 is 9.80 Å². The van der Waals surface area contributed by atoms with E-state index in [1.807, 2.05) is 10.6 Å². The summed E-state index contributed by atoms with van der Waals surface area (Å²) in [5.74, 6) is -5.81. The molecular formula is C30H32F4N6O2Si. The second-order valence-corrected chi connectivity index (χ2v) is 18.6. The van der Waals surface area contributed by atoms with Gasteiger partial charge < -0.3 is 14.2 Å². The number of alkyl halides is 2. The van der Waals surface area contributed by atoms with Gasteiger partial charge in [0.2, 0.25) is 0 Å². The molecule has 1 atom stereocenters. The van der Waals surface area contributed by atoms with Crippen LogP contribution in [0.5, 0.6) is 0 Å². The summed E-state index contributed by atoms with van der Waals surface area (Å²) in [6, 6.07) is 5.09. The molecule has 0 spiro atoms. The topological polar surface area (TPSA) is 68.4 Å². The predicted octanol–water partition coefficient (Wildman–Crippen LogP) is 6.24. The number of halogens is 4. The van der Waals surface area contributed by atoms with Crippen LogP contribution in [0.25, 0.3) is 22.2 Å². The number of hydrogen-bond donors (Lipinski definition) is 0. The van der Waals surface area contributed by atoms with Crippen LogP contribution in [0, 0.1) is 18.6 Å². The number of anilines is 2. The van der Waals surface area contributed by atoms with E-state index in [2.05, 4.69) is 29.7 Å². The summed E-state index contributed by atoms with van der Waals surface area (Å²) in [6.07, 6.45) is 1.18. The number of aromatic nitrogens is 4. The molecule has 13 heteroatoms. The number of hydrogen-bond acceptors (Lipinski definition) is 5. The average molecular weight is 613 g/mol. The summed E-state index contributed by atoms with van der Waals surface area (Å²) in [7, 11) is 0.406. The van der Waals surface area contributed by atoms with Gasteiger partial charge in [-0.2, -0.15) is 5.10 Å². The fourth-order valence-corrected chi connectivity index (χ4v) is 7.25. The third kappa shape index (κ3) is 4.22. The van der Waals surface area contributed by atoms with E-state index in [-0.39, 0.29) is 30.2 Å². The predicted molar refractivity (Wildman–Crippen MR) is 158 cm³/mol. The minimum atomic E-state index is -3.01. The third-order valence-corrected chi connectivity index (χ3v) is 10.6. The third-order valence-electron chi connectivity index (χ3n) is 8.87. The zero-order valence-electron chi connectivity index (χ0n) is 24.6. The maximum atomic E-state index is 16.4. The van der Waals surface area contributed by atoms with E-state index in [4.69, 9.17) is 4.74 Å². The summed E-state index contributed by atoms with van der Waals surface area (Å²) >= 11 is 0. The van der Waals surface area contributed by atoms with Gasteiger partial charge in [-0.25, -0.2) is 22.5 Å². The van der Waals surface area contributed by atoms with Gasteiger partial charge in [0.05, 0.1) is 41.3 Å². The van der Waals surface area contributed by atoms with E-state index in [9.17, 15) is 13.6 Å². The first kappa shape index (κ1) is 28.1. The van der Waals surface area contributed by atoms with Crippen molar-refractivity contribution in [2.24, 2.45) is 7.05 Å². The number of aryl methyl sites for hydroxylation is 1. The number of carbonyl (C=O) groups is 1. The first-order valence-corrected chi connectivity index (χ1v) is 18.1. The molecule has 4 aromatic rings. The lowest BCUT2D eigenvalue weighted by Crippen LogP contribution is -2.34. The number of ether oxygens (including phenoxy) is 1. The summed E-state index contributed by atoms with van der Waals surface area (Å²) in [4.78, 5) is 21.1. The lowest BCUT2D eigenvalue weighted by molar-refractivity contribution is 0.0256. The molecule has 7 rings (SSSR count). The zero-order valence-corrected chi connectivity index (χ0v) is 25.6. The minimum absolute atomic E-state index is 0.0312. The van der Waals surface area contributed by atoms with Gasteiger partial charge in [0.15, 0.2) is 17.3 Å². The molecule has 2 aromatic carbocycles. The molecule has 1 saturated heterocycles. The summed E-state index contributed by atoms with van der Waals surface area (Å²) < 4.78 is 70.0. The normalized spacial score (nSPS) is 18.8. The first-order valence-electron chi connectivity index (χ1n) is 14.3. The molecule has 226 valence electrons. The van der Waals surface area contributed by atoms with Crippen molar-refractivity contribution >= 4 is 36.4 Å². The van der Waals surface area contributed by atoms with E-state index in [1.54, 1.807) is 31.0 Å². The van der Waals surface area contributed by atoms with E-state index < -0.39 is 50.5 Å². The molecule has 43 heavy (non-hydrogen) atoms. The largest absolute Gasteiger partial charge is 0.363 e. The highest BCUT2D eigenvalue weighted by Crippen LogP contribution is 2.56. The quantitative estimate of drug-likeness (QED) is 0.146. The summed E-state index contributed by atoms with van der Waals surface area (Å²) in [6.45, 7) is 8.63. The van der Waals surface area contributed by atoms with Crippen LogP contribution in [0.3, 0.4) is 0 Å². The smallest absolute Gasteiger partial charge is 0.280 e. The average Bonchev–Trinajstić information content (AvgIpc) is 3.67. The van der Waals surface area contributed by atoms with Crippen molar-refractivity contribution in [3.8, 4) is 11.1 Å². The lowest BCUT2D eigenvalue weighted by atomic mass is 9.84. The Morgan fingerprint density at radius 3 is 2.58 bits per heavy atom. The Balaban J connectivity index is 1.42. The van der Waals surface area contributed by atoms with Crippen LogP contribution in [-0.4, -0.2) is 58.9 Å². The maximum Gasteiger partial charge on any atom is 0.280 e. The Morgan fingerprint density at radius 2 is 1.88 bits per heavy atom. The van der Waals surface area contributed by atoms with Crippen LogP contribution in [0.4, 0.5) is 28.9 Å². The molecule has 0 radical (unpaired) electrons. The van der Waals surface area contributed by atoms with Crippen LogP contribution in [-0.2, 0) is 18.5 Å². The first-order chi connectivity index (χ1) is 20.3. The van der Waals surface area contributed by atoms with Gasteiger partial charge in [-0.3, -0.25) is 14.4 Å². The molecule has 2 aromatic heterocycles. The zero-order chi connectivity index (χ0) is 30.6. The second kappa shape index (κ2) is 9.39. The number of benzene rings is 2. The van der Waals surface area contributed by atoms with E-state index in [0.29, 0.717) is 45.7 Å². The Kier molecular flexibility index (Phi) is 6.13. The van der Waals surface area contributed by atoms with Crippen molar-refractivity contribution in [3.05, 3.63) is 58.7 Å². The molecular weight excluding hydrogens is 580 g/mol. The van der Waals surface area contributed by atoms with Gasteiger partial charge in [0, 0.05) is 57.1 Å². The SMILES string of the molecule is Cc1c2c(nn1C)C(=O)N1c3ccc4c(ncn4COCC[Si](C)(C)C)c3-c3cc(N4CCC(F)(F)C4)c(F)c(F)c3C21. The Hall–Kier alpha value is -3.71. The highest BCUT2D eigenvalue weighted by molar-refractivity contribution is 6.76. The fourth-order valence-electron chi connectivity index (χ4n) is 6.50. The van der Waals surface area contributed by atoms with Crippen LogP contribution in [0.1, 0.15) is 39.8 Å². The van der Waals surface area contributed by atoms with Crippen LogP contribution in [0.15, 0.2) is 24.5 Å². The molecule has 0 bridgehead atoms. The molecule has 1 fully saturated rings. The molecule has 3 aliphatic heterocycles. The highest BCUT2D eigenvalue weighted by atomic mass is 28.3. The monoisotopic (exact) mass is 612 g/mol. The molecule has 0 aliphatic carbocycles. The van der Waals surface area contributed by atoms with Crippen molar-refractivity contribution < 1.29 is 27.1 Å². The van der Waals surface area contributed by atoms with Gasteiger partial charge in [-0.1, -0.05) is 19.6 Å². The number of carbonyl (C=O) groups excluding carboxylic acids is 1. The van der Waals surface area contributed by atoms with Gasteiger partial charge in [-0.15, -0.1) is 0 Å². The molecule has 3 aliphatic rings. The highest BCUT2D eigenvalue weighted by Gasteiger charge is 2.50. The Labute approximate surface area is 246 Å². The number of amides is 1. The summed E-state index contributed by atoms with van der Waals surface area (Å²) in [5.41, 5.74) is 3.46. The standard InChI is InChI=1S/C30H32F4N6O2Si/c1-16-21-27(36-37(16)2)29(41)40-18-6-7-19-26(35-14-39(19)15-42-10-11-43(3,4)5)22(18)17-12-20(38-9-8-30(33,34)13-38)24(31)25(32)23(17)28(21)40/h6-7,12,14,28H,8-11,13,15H2,1-5H3. The summed E-state index contributed by atoms with van der Waals surface area (Å²) in [5, 5.41) is 4.40. The molecule has 5 heterocycles. The number of nitrogens with zero attached hydrogens (tertiary/aromatic N) is 6. The molecule has 8 nitrogen and oxygen atoms in total. The van der Waals surface area contributed by atoms with Gasteiger partial charge in [-0.05, 0) is 36.7 Å². The second-order valence-electron chi connectivity index (χ2n) is 13.0. The van der Waals surface area contributed by atoms with Crippen LogP contribution in [0.2, 0.25) is 25.7 Å². The molecule has 1 amide bonds. The van der Waals surface area contributed by atoms with E-state index in [1.165, 1.54) is 15.9 Å². The lowest BCUT2D eigenvalue weighted by Gasteiger charge is -2.36. The molecule has 0 saturated carbocycles. The van der Waals surface area contributed by atoms with Crippen LogP contribution >= 0.6 is 0 Å². The van der Waals surface area contributed by atoms with Gasteiger partial charge in [0.25, 0.3) is 11.8 Å². The Bertz CT molecular complexity index is 1830. The number of imidazole rings is 1. The minimum Gasteiger partial charge on any atom is -0.363 e. The Morgan fingerprint density at radius 1 is 1.12 bits per heavy atom. The van der Waals surface area contributed by atoms with Crippen molar-refractivity contribution in [2.75, 3.05) is 29.5 Å². The maximum absolute atomic E-state index is 16.4. The van der Waals surface area contributed by atoms with E-state index in [0.717, 1.165) is 6.04 Å². The van der Waals surface area contributed by atoms with E-state index >= 15 is 8.78 Å². The molecule has 1 unspecified atom stereocenters. The molecule has 0 N–H and O–H groups in total. The number of rotatable bonds is 6. The van der Waals surface area contributed by atoms with Crippen molar-refractivity contribution in [3.63, 3.8) is 0 Å². The van der Waals surface area contributed by atoms with Gasteiger partial charge >= 0.3 is 0 Å². The van der Waals surface area contributed by atoms with Gasteiger partial charge in [0.1, 0.15) is 6.73 Å². The van der Waals surface area contributed by atoms with Crippen molar-refractivity contribution in [2.45, 2.75) is 57.7 Å². The van der Waals surface area contributed by atoms with Crippen molar-refractivity contribution in [1.29, 1.82) is 0 Å². The fraction of sp³-hybridized carbons (Fsp3) is 0.433. The number of fused-ring (bicyclic) bond motifs is 10.